The average molecular weight is 822 g/mol. The summed E-state index contributed by atoms with van der Waals surface area (Å²) in [4.78, 5) is 26.0. The number of nitrogens with one attached hydrogen (secondary N) is 1. The van der Waals surface area contributed by atoms with Crippen molar-refractivity contribution in [3.63, 3.8) is 0 Å². The van der Waals surface area contributed by atoms with Gasteiger partial charge in [-0.15, -0.1) is 0 Å². The number of esters is 1. The van der Waals surface area contributed by atoms with Crippen molar-refractivity contribution < 1.29 is 24.5 Å². The molecule has 0 bridgehead atoms. The zero-order chi connectivity index (χ0) is 42.4. The molecule has 0 aliphatic rings. The predicted octanol–water partition coefficient (Wildman–Crippen LogP) is 15.6. The summed E-state index contributed by atoms with van der Waals surface area (Å²) in [5.41, 5.74) is 0. The van der Waals surface area contributed by atoms with E-state index >= 15 is 0 Å². The smallest absolute Gasteiger partial charge is 0.306 e. The van der Waals surface area contributed by atoms with Crippen molar-refractivity contribution in [1.29, 1.82) is 0 Å². The summed E-state index contributed by atoms with van der Waals surface area (Å²) in [5, 5.41) is 23.8. The first-order chi connectivity index (χ1) is 28.5. The number of ether oxygens (including phenoxy) is 1. The van der Waals surface area contributed by atoms with Gasteiger partial charge < -0.3 is 20.3 Å². The highest BCUT2D eigenvalue weighted by atomic mass is 16.5. The molecular weight excluding hydrogens is 719 g/mol. The summed E-state index contributed by atoms with van der Waals surface area (Å²) < 4.78 is 5.92. The molecule has 0 aliphatic heterocycles. The van der Waals surface area contributed by atoms with Gasteiger partial charge in [-0.3, -0.25) is 9.59 Å². The van der Waals surface area contributed by atoms with Crippen LogP contribution in [0.4, 0.5) is 0 Å². The molecule has 6 heteroatoms. The van der Waals surface area contributed by atoms with E-state index in [0.717, 1.165) is 38.5 Å². The maximum Gasteiger partial charge on any atom is 0.306 e. The molecule has 0 rings (SSSR count). The van der Waals surface area contributed by atoms with Crippen LogP contribution in [0.3, 0.4) is 0 Å². The van der Waals surface area contributed by atoms with Crippen molar-refractivity contribution in [2.45, 2.75) is 315 Å². The standard InChI is InChI=1S/C52H103NO5/c1-4-7-10-13-16-19-21-23-24-25-26-28-29-32-35-38-41-44-50(55)49(47-54)53-51(56)46-48(43-40-37-34-31-18-15-12-9-6-3)58-52(57)45-42-39-36-33-30-27-22-20-17-14-11-8-5-2/h48-50,54-55H,4-47H2,1-3H3,(H,53,56). The Kier molecular flexibility index (Phi) is 46.0. The molecule has 0 spiro atoms. The Morgan fingerprint density at radius 2 is 0.724 bits per heavy atom. The summed E-state index contributed by atoms with van der Waals surface area (Å²) in [6, 6.07) is -0.691. The molecule has 0 saturated carbocycles. The number of unbranched alkanes of at least 4 members (excludes halogenated alkanes) is 36. The largest absolute Gasteiger partial charge is 0.462 e. The van der Waals surface area contributed by atoms with Crippen LogP contribution >= 0.6 is 0 Å². The fourth-order valence-corrected chi connectivity index (χ4v) is 8.43. The van der Waals surface area contributed by atoms with Gasteiger partial charge in [-0.1, -0.05) is 258 Å². The van der Waals surface area contributed by atoms with E-state index in [4.69, 9.17) is 4.74 Å². The number of carbonyl (C=O) groups excluding carboxylic acids is 2. The molecule has 6 nitrogen and oxygen atoms in total. The van der Waals surface area contributed by atoms with Crippen LogP contribution in [-0.4, -0.2) is 46.9 Å². The zero-order valence-electron chi connectivity index (χ0n) is 39.5. The van der Waals surface area contributed by atoms with Gasteiger partial charge in [-0.25, -0.2) is 0 Å². The van der Waals surface area contributed by atoms with Crippen LogP contribution in [0.2, 0.25) is 0 Å². The monoisotopic (exact) mass is 822 g/mol. The second-order valence-electron chi connectivity index (χ2n) is 18.3. The fourth-order valence-electron chi connectivity index (χ4n) is 8.43. The Bertz CT molecular complexity index is 837. The molecule has 0 aromatic rings. The lowest BCUT2D eigenvalue weighted by atomic mass is 10.0. The van der Waals surface area contributed by atoms with Crippen LogP contribution < -0.4 is 5.32 Å². The van der Waals surface area contributed by atoms with Gasteiger partial charge in [0, 0.05) is 6.42 Å². The van der Waals surface area contributed by atoms with Crippen LogP contribution in [0.5, 0.6) is 0 Å². The van der Waals surface area contributed by atoms with Crippen molar-refractivity contribution in [1.82, 2.24) is 5.32 Å². The highest BCUT2D eigenvalue weighted by molar-refractivity contribution is 5.77. The lowest BCUT2D eigenvalue weighted by Gasteiger charge is -2.24. The number of hydrogen-bond donors (Lipinski definition) is 3. The van der Waals surface area contributed by atoms with E-state index < -0.39 is 18.2 Å². The van der Waals surface area contributed by atoms with Crippen molar-refractivity contribution >= 4 is 11.9 Å². The van der Waals surface area contributed by atoms with Crippen molar-refractivity contribution in [2.24, 2.45) is 0 Å². The Morgan fingerprint density at radius 3 is 1.05 bits per heavy atom. The summed E-state index contributed by atoms with van der Waals surface area (Å²) in [5.74, 6) is -0.454. The van der Waals surface area contributed by atoms with E-state index in [1.54, 1.807) is 0 Å². The third kappa shape index (κ3) is 41.6. The Morgan fingerprint density at radius 1 is 0.431 bits per heavy atom. The molecule has 0 heterocycles. The van der Waals surface area contributed by atoms with Crippen LogP contribution in [0.1, 0.15) is 297 Å². The van der Waals surface area contributed by atoms with Gasteiger partial charge in [-0.05, 0) is 25.7 Å². The molecule has 1 amide bonds. The number of carbonyl (C=O) groups is 2. The van der Waals surface area contributed by atoms with E-state index in [1.807, 2.05) is 0 Å². The van der Waals surface area contributed by atoms with Crippen LogP contribution in [-0.2, 0) is 14.3 Å². The molecule has 346 valence electrons. The molecule has 0 aromatic carbocycles. The van der Waals surface area contributed by atoms with Crippen LogP contribution in [0, 0.1) is 0 Å². The number of amides is 1. The highest BCUT2D eigenvalue weighted by Crippen LogP contribution is 2.19. The van der Waals surface area contributed by atoms with Gasteiger partial charge >= 0.3 is 5.97 Å². The van der Waals surface area contributed by atoms with E-state index in [-0.39, 0.29) is 24.9 Å². The Balaban J connectivity index is 4.37. The van der Waals surface area contributed by atoms with Gasteiger partial charge in [0.2, 0.25) is 5.91 Å². The maximum absolute atomic E-state index is 13.2. The normalized spacial score (nSPS) is 13.1. The summed E-state index contributed by atoms with van der Waals surface area (Å²) in [6.45, 7) is 6.50. The fraction of sp³-hybridized carbons (Fsp3) is 0.962. The molecule has 0 aromatic heterocycles. The van der Waals surface area contributed by atoms with Gasteiger partial charge in [-0.2, -0.15) is 0 Å². The summed E-state index contributed by atoms with van der Waals surface area (Å²) in [6.07, 6.45) is 50.2. The molecule has 3 unspecified atom stereocenters. The molecule has 58 heavy (non-hydrogen) atoms. The van der Waals surface area contributed by atoms with E-state index in [9.17, 15) is 19.8 Å². The zero-order valence-corrected chi connectivity index (χ0v) is 39.5. The topological polar surface area (TPSA) is 95.9 Å². The van der Waals surface area contributed by atoms with Crippen molar-refractivity contribution in [3.05, 3.63) is 0 Å². The first-order valence-corrected chi connectivity index (χ1v) is 26.3. The first-order valence-electron chi connectivity index (χ1n) is 26.3. The predicted molar refractivity (Wildman–Crippen MR) is 250 cm³/mol. The van der Waals surface area contributed by atoms with Gasteiger partial charge in [0.1, 0.15) is 6.10 Å². The highest BCUT2D eigenvalue weighted by Gasteiger charge is 2.24. The summed E-state index contributed by atoms with van der Waals surface area (Å²) in [7, 11) is 0. The minimum absolute atomic E-state index is 0.0870. The second kappa shape index (κ2) is 46.9. The van der Waals surface area contributed by atoms with Gasteiger partial charge in [0.15, 0.2) is 0 Å². The molecule has 0 aliphatic carbocycles. The molecule has 0 radical (unpaired) electrons. The van der Waals surface area contributed by atoms with Gasteiger partial charge in [0.05, 0.1) is 25.2 Å². The first kappa shape index (κ1) is 56.9. The van der Waals surface area contributed by atoms with Crippen LogP contribution in [0.15, 0.2) is 0 Å². The average Bonchev–Trinajstić information content (AvgIpc) is 3.22. The number of aliphatic hydroxyl groups excluding tert-OH is 2. The van der Waals surface area contributed by atoms with Crippen LogP contribution in [0.25, 0.3) is 0 Å². The second-order valence-corrected chi connectivity index (χ2v) is 18.3. The lowest BCUT2D eigenvalue weighted by molar-refractivity contribution is -0.151. The number of aliphatic hydroxyl groups is 2. The molecule has 3 atom stereocenters. The number of hydrogen-bond acceptors (Lipinski definition) is 5. The number of rotatable bonds is 48. The van der Waals surface area contributed by atoms with E-state index in [2.05, 4.69) is 26.1 Å². The molecule has 3 N–H and O–H groups in total. The molecule has 0 saturated heterocycles. The summed E-state index contributed by atoms with van der Waals surface area (Å²) >= 11 is 0. The van der Waals surface area contributed by atoms with E-state index in [0.29, 0.717) is 19.3 Å². The Hall–Kier alpha value is -1.14. The minimum Gasteiger partial charge on any atom is -0.462 e. The van der Waals surface area contributed by atoms with E-state index in [1.165, 1.54) is 212 Å². The molecule has 0 fully saturated rings. The third-order valence-corrected chi connectivity index (χ3v) is 12.4. The Labute approximate surface area is 362 Å². The third-order valence-electron chi connectivity index (χ3n) is 12.4. The van der Waals surface area contributed by atoms with Crippen molar-refractivity contribution in [2.75, 3.05) is 6.61 Å². The minimum atomic E-state index is -0.779. The molecular formula is C52H103NO5. The van der Waals surface area contributed by atoms with Crippen molar-refractivity contribution in [3.8, 4) is 0 Å². The lowest BCUT2D eigenvalue weighted by Crippen LogP contribution is -2.46. The quantitative estimate of drug-likeness (QED) is 0.0420. The van der Waals surface area contributed by atoms with Gasteiger partial charge in [0.25, 0.3) is 0 Å². The maximum atomic E-state index is 13.2. The SMILES string of the molecule is CCCCCCCCCCCCCCCCCCCC(O)C(CO)NC(=O)CC(CCCCCCCCCCC)OC(=O)CCCCCCCCCCCCCCC.